The van der Waals surface area contributed by atoms with Gasteiger partial charge >= 0.3 is 6.18 Å². The Hall–Kier alpha value is -3.28. The van der Waals surface area contributed by atoms with Crippen LogP contribution in [0, 0.1) is 0 Å². The molecule has 0 aliphatic heterocycles. The maximum atomic E-state index is 13.8. The Morgan fingerprint density at radius 3 is 2.18 bits per heavy atom. The molecule has 3 aromatic carbocycles. The van der Waals surface area contributed by atoms with E-state index in [4.69, 9.17) is 23.2 Å². The minimum atomic E-state index is -4.66. The summed E-state index contributed by atoms with van der Waals surface area (Å²) in [5, 5.41) is 3.47. The Labute approximate surface area is 266 Å². The summed E-state index contributed by atoms with van der Waals surface area (Å²) < 4.78 is 65.9. The largest absolute Gasteiger partial charge is 0.416 e. The van der Waals surface area contributed by atoms with Gasteiger partial charge in [-0.3, -0.25) is 13.9 Å². The minimum Gasteiger partial charge on any atom is -0.352 e. The van der Waals surface area contributed by atoms with E-state index >= 15 is 0 Å². The average molecular weight is 673 g/mol. The number of rotatable bonds is 13. The zero-order chi connectivity index (χ0) is 32.7. The van der Waals surface area contributed by atoms with Crippen LogP contribution in [0.5, 0.6) is 0 Å². The van der Waals surface area contributed by atoms with Gasteiger partial charge in [-0.15, -0.1) is 0 Å². The summed E-state index contributed by atoms with van der Waals surface area (Å²) in [7, 11) is -3.99. The second-order valence-corrected chi connectivity index (χ2v) is 13.3. The lowest BCUT2D eigenvalue weighted by Gasteiger charge is -2.32. The standard InChI is InChI=1S/C31H34Cl2F3N3O4S/c1-21(2)37-30(41)28(18-22-9-5-4-6-10-22)38(20-23-14-15-26(32)27(33)17-23)29(40)13-8-16-39(44(3,42)43)25-12-7-11-24(19-25)31(34,35)36/h4-7,9-12,14-15,17,19,21,28H,8,13,16,18,20H2,1-3H3,(H,37,41)/t28-/m0/s1. The fourth-order valence-electron chi connectivity index (χ4n) is 4.61. The molecule has 238 valence electrons. The van der Waals surface area contributed by atoms with Crippen molar-refractivity contribution in [3.05, 3.63) is 99.5 Å². The lowest BCUT2D eigenvalue weighted by atomic mass is 10.0. The summed E-state index contributed by atoms with van der Waals surface area (Å²) in [4.78, 5) is 28.8. The van der Waals surface area contributed by atoms with Crippen LogP contribution in [0.2, 0.25) is 10.0 Å². The van der Waals surface area contributed by atoms with Crippen molar-refractivity contribution in [3.63, 3.8) is 0 Å². The topological polar surface area (TPSA) is 86.8 Å². The highest BCUT2D eigenvalue weighted by molar-refractivity contribution is 7.92. The predicted molar refractivity (Wildman–Crippen MR) is 167 cm³/mol. The molecule has 0 aliphatic rings. The summed E-state index contributed by atoms with van der Waals surface area (Å²) in [6.45, 7) is 3.35. The molecule has 1 atom stereocenters. The highest BCUT2D eigenvalue weighted by Crippen LogP contribution is 2.32. The fraction of sp³-hybridized carbons (Fsp3) is 0.355. The molecule has 0 aliphatic carbocycles. The second kappa shape index (κ2) is 15.1. The van der Waals surface area contributed by atoms with Gasteiger partial charge < -0.3 is 10.2 Å². The SMILES string of the molecule is CC(C)NC(=O)[C@H](Cc1ccccc1)N(Cc1ccc(Cl)c(Cl)c1)C(=O)CCCN(c1cccc(C(F)(F)F)c1)S(C)(=O)=O. The number of alkyl halides is 3. The molecular weight excluding hydrogens is 638 g/mol. The summed E-state index contributed by atoms with van der Waals surface area (Å²) in [6.07, 6.45) is -3.79. The molecule has 3 aromatic rings. The smallest absolute Gasteiger partial charge is 0.352 e. The van der Waals surface area contributed by atoms with E-state index in [1.54, 1.807) is 32.0 Å². The van der Waals surface area contributed by atoms with E-state index in [0.717, 1.165) is 34.3 Å². The van der Waals surface area contributed by atoms with E-state index < -0.39 is 33.7 Å². The van der Waals surface area contributed by atoms with Gasteiger partial charge in [-0.1, -0.05) is 65.7 Å². The number of hydrogen-bond donors (Lipinski definition) is 1. The zero-order valence-corrected chi connectivity index (χ0v) is 26.8. The lowest BCUT2D eigenvalue weighted by Crippen LogP contribution is -2.51. The first-order valence-electron chi connectivity index (χ1n) is 13.8. The number of nitrogens with zero attached hydrogens (tertiary/aromatic N) is 2. The van der Waals surface area contributed by atoms with Crippen molar-refractivity contribution in [3.8, 4) is 0 Å². The first-order valence-corrected chi connectivity index (χ1v) is 16.4. The third-order valence-corrected chi connectivity index (χ3v) is 8.59. The normalized spacial score (nSPS) is 12.6. The highest BCUT2D eigenvalue weighted by atomic mass is 35.5. The van der Waals surface area contributed by atoms with Gasteiger partial charge in [0.1, 0.15) is 6.04 Å². The van der Waals surface area contributed by atoms with E-state index in [9.17, 15) is 31.2 Å². The van der Waals surface area contributed by atoms with Gasteiger partial charge in [0.15, 0.2) is 0 Å². The molecule has 0 saturated carbocycles. The number of carbonyl (C=O) groups excluding carboxylic acids is 2. The van der Waals surface area contributed by atoms with E-state index in [-0.39, 0.29) is 55.0 Å². The molecule has 0 fully saturated rings. The van der Waals surface area contributed by atoms with Gasteiger partial charge in [0.2, 0.25) is 21.8 Å². The van der Waals surface area contributed by atoms with E-state index in [1.165, 1.54) is 11.0 Å². The lowest BCUT2D eigenvalue weighted by molar-refractivity contribution is -0.141. The van der Waals surface area contributed by atoms with Crippen LogP contribution < -0.4 is 9.62 Å². The molecule has 0 aromatic heterocycles. The van der Waals surface area contributed by atoms with Crippen LogP contribution >= 0.6 is 23.2 Å². The van der Waals surface area contributed by atoms with Crippen LogP contribution in [-0.4, -0.2) is 50.0 Å². The van der Waals surface area contributed by atoms with E-state index in [2.05, 4.69) is 5.32 Å². The van der Waals surface area contributed by atoms with Gasteiger partial charge in [0, 0.05) is 32.0 Å². The van der Waals surface area contributed by atoms with E-state index in [0.29, 0.717) is 10.6 Å². The molecule has 3 rings (SSSR count). The van der Waals surface area contributed by atoms with Crippen molar-refractivity contribution in [2.75, 3.05) is 17.1 Å². The monoisotopic (exact) mass is 671 g/mol. The molecule has 1 N–H and O–H groups in total. The van der Waals surface area contributed by atoms with Crippen LogP contribution in [0.25, 0.3) is 0 Å². The Morgan fingerprint density at radius 2 is 1.59 bits per heavy atom. The maximum absolute atomic E-state index is 13.8. The number of amides is 2. The Balaban J connectivity index is 1.92. The Bertz CT molecular complexity index is 1550. The number of sulfonamides is 1. The Kier molecular flexibility index (Phi) is 12.1. The third-order valence-electron chi connectivity index (χ3n) is 6.65. The van der Waals surface area contributed by atoms with Crippen LogP contribution in [0.3, 0.4) is 0 Å². The molecule has 0 saturated heterocycles. The molecule has 13 heteroatoms. The van der Waals surface area contributed by atoms with Gasteiger partial charge in [-0.2, -0.15) is 13.2 Å². The minimum absolute atomic E-state index is 0.00214. The molecule has 0 spiro atoms. The zero-order valence-electron chi connectivity index (χ0n) is 24.4. The molecule has 0 radical (unpaired) electrons. The maximum Gasteiger partial charge on any atom is 0.416 e. The molecule has 44 heavy (non-hydrogen) atoms. The quantitative estimate of drug-likeness (QED) is 0.219. The number of carbonyl (C=O) groups is 2. The fourth-order valence-corrected chi connectivity index (χ4v) is 5.89. The summed E-state index contributed by atoms with van der Waals surface area (Å²) in [5.74, 6) is -0.826. The first-order chi connectivity index (χ1) is 20.6. The van der Waals surface area contributed by atoms with Gasteiger partial charge in [-0.25, -0.2) is 8.42 Å². The van der Waals surface area contributed by atoms with Crippen LogP contribution in [0.15, 0.2) is 72.8 Å². The van der Waals surface area contributed by atoms with Crippen molar-refractivity contribution in [1.82, 2.24) is 10.2 Å². The number of benzene rings is 3. The molecule has 0 heterocycles. The van der Waals surface area contributed by atoms with Gasteiger partial charge in [-0.05, 0) is 61.7 Å². The third kappa shape index (κ3) is 10.1. The number of halogens is 5. The number of nitrogens with one attached hydrogen (secondary N) is 1. The second-order valence-electron chi connectivity index (χ2n) is 10.6. The van der Waals surface area contributed by atoms with Crippen molar-refractivity contribution >= 4 is 50.7 Å². The van der Waals surface area contributed by atoms with Crippen LogP contribution in [0.1, 0.15) is 43.4 Å². The molecule has 7 nitrogen and oxygen atoms in total. The number of anilines is 1. The predicted octanol–water partition coefficient (Wildman–Crippen LogP) is 6.72. The highest BCUT2D eigenvalue weighted by Gasteiger charge is 2.33. The molecule has 0 unspecified atom stereocenters. The van der Waals surface area contributed by atoms with Crippen molar-refractivity contribution in [1.29, 1.82) is 0 Å². The van der Waals surface area contributed by atoms with E-state index in [1.807, 2.05) is 30.3 Å². The number of hydrogen-bond acceptors (Lipinski definition) is 4. The average Bonchev–Trinajstić information content (AvgIpc) is 2.94. The summed E-state index contributed by atoms with van der Waals surface area (Å²) in [5.41, 5.74) is 0.272. The summed E-state index contributed by atoms with van der Waals surface area (Å²) >= 11 is 12.3. The molecule has 2 amide bonds. The van der Waals surface area contributed by atoms with Gasteiger partial charge in [0.05, 0.1) is 27.6 Å². The first kappa shape index (κ1) is 35.2. The van der Waals surface area contributed by atoms with Crippen LogP contribution in [-0.2, 0) is 38.8 Å². The van der Waals surface area contributed by atoms with Crippen molar-refractivity contribution < 1.29 is 31.2 Å². The Morgan fingerprint density at radius 1 is 0.909 bits per heavy atom. The van der Waals surface area contributed by atoms with Crippen molar-refractivity contribution in [2.45, 2.75) is 57.9 Å². The van der Waals surface area contributed by atoms with Gasteiger partial charge in [0.25, 0.3) is 0 Å². The molecular formula is C31H34Cl2F3N3O4S. The molecule has 0 bridgehead atoms. The summed E-state index contributed by atoms with van der Waals surface area (Å²) in [6, 6.07) is 16.9. The van der Waals surface area contributed by atoms with Crippen molar-refractivity contribution in [2.24, 2.45) is 0 Å². The van der Waals surface area contributed by atoms with Crippen LogP contribution in [0.4, 0.5) is 18.9 Å².